The number of phenolic OH excluding ortho intramolecular Hbond substituents is 1. The summed E-state index contributed by atoms with van der Waals surface area (Å²) in [7, 11) is 0. The molecule has 0 radical (unpaired) electrons. The minimum absolute atomic E-state index is 0.00788. The zero-order valence-electron chi connectivity index (χ0n) is 19.9. The van der Waals surface area contributed by atoms with E-state index < -0.39 is 18.6 Å². The summed E-state index contributed by atoms with van der Waals surface area (Å²) in [4.78, 5) is 35.7. The Labute approximate surface area is 207 Å². The number of benzene rings is 1. The van der Waals surface area contributed by atoms with Gasteiger partial charge in [0, 0.05) is 48.2 Å². The van der Waals surface area contributed by atoms with Crippen LogP contribution in [0.3, 0.4) is 0 Å². The lowest BCUT2D eigenvalue weighted by Gasteiger charge is -2.14. The molecule has 0 saturated heterocycles. The Morgan fingerprint density at radius 1 is 1.31 bits per heavy atom. The average Bonchev–Trinajstić information content (AvgIpc) is 3.59. The van der Waals surface area contributed by atoms with E-state index in [-0.39, 0.29) is 35.1 Å². The minimum atomic E-state index is -0.494. The summed E-state index contributed by atoms with van der Waals surface area (Å²) in [6.07, 6.45) is 5.32. The van der Waals surface area contributed by atoms with Gasteiger partial charge in [-0.3, -0.25) is 14.7 Å². The van der Waals surface area contributed by atoms with Crippen molar-refractivity contribution in [3.8, 4) is 17.2 Å². The number of aromatic hydroxyl groups is 1. The first kappa shape index (κ1) is 24.8. The van der Waals surface area contributed by atoms with Gasteiger partial charge >= 0.3 is 6.09 Å². The van der Waals surface area contributed by atoms with E-state index in [1.54, 1.807) is 24.5 Å². The number of aromatic amines is 1. The van der Waals surface area contributed by atoms with E-state index in [4.69, 9.17) is 9.47 Å². The number of aldehydes is 1. The zero-order chi connectivity index (χ0) is 25.7. The summed E-state index contributed by atoms with van der Waals surface area (Å²) in [5.74, 6) is -0.284. The van der Waals surface area contributed by atoms with Crippen LogP contribution in [-0.2, 0) is 9.53 Å². The smallest absolute Gasteiger partial charge is 0.407 e. The van der Waals surface area contributed by atoms with Crippen LogP contribution in [0.2, 0.25) is 0 Å². The van der Waals surface area contributed by atoms with Crippen molar-refractivity contribution < 1.29 is 29.0 Å². The normalized spacial score (nSPS) is 17.1. The van der Waals surface area contributed by atoms with Gasteiger partial charge in [-0.25, -0.2) is 9.48 Å². The highest BCUT2D eigenvalue weighted by Crippen LogP contribution is 2.36. The number of nitrogens with zero attached hydrogens (tertiary/aromatic N) is 3. The van der Waals surface area contributed by atoms with Crippen LogP contribution >= 0.6 is 0 Å². The van der Waals surface area contributed by atoms with Crippen molar-refractivity contribution in [2.24, 2.45) is 0 Å². The summed E-state index contributed by atoms with van der Waals surface area (Å²) in [5, 5.41) is 26.7. The van der Waals surface area contributed by atoms with Crippen molar-refractivity contribution in [1.82, 2.24) is 25.3 Å². The van der Waals surface area contributed by atoms with Gasteiger partial charge in [0.05, 0.1) is 11.3 Å². The predicted molar refractivity (Wildman–Crippen MR) is 128 cm³/mol. The Bertz CT molecular complexity index is 1220. The molecule has 0 aliphatic heterocycles. The molecule has 1 aliphatic carbocycles. The molecule has 1 aliphatic rings. The molecule has 4 rings (SSSR count). The molecule has 12 nitrogen and oxygen atoms in total. The number of alkyl carbamates (subject to hydrolysis) is 1. The van der Waals surface area contributed by atoms with Gasteiger partial charge in [0.1, 0.15) is 17.6 Å². The lowest BCUT2D eigenvalue weighted by atomic mass is 10.0. The van der Waals surface area contributed by atoms with Crippen LogP contribution in [0, 0.1) is 0 Å². The molecule has 36 heavy (non-hydrogen) atoms. The van der Waals surface area contributed by atoms with Gasteiger partial charge in [0.25, 0.3) is 5.91 Å². The lowest BCUT2D eigenvalue weighted by Crippen LogP contribution is -2.33. The number of carbonyl (C=O) groups is 3. The number of phenols is 1. The molecule has 12 heteroatoms. The van der Waals surface area contributed by atoms with Crippen LogP contribution in [0.5, 0.6) is 11.5 Å². The van der Waals surface area contributed by atoms with E-state index in [2.05, 4.69) is 25.9 Å². The third kappa shape index (κ3) is 6.01. The fourth-order valence-corrected chi connectivity index (χ4v) is 4.07. The van der Waals surface area contributed by atoms with Gasteiger partial charge in [0.15, 0.2) is 18.7 Å². The van der Waals surface area contributed by atoms with Crippen LogP contribution in [0.4, 0.5) is 10.6 Å². The molecule has 2 heterocycles. The first-order chi connectivity index (χ1) is 17.3. The van der Waals surface area contributed by atoms with Crippen LogP contribution in [0.1, 0.15) is 55.1 Å². The Morgan fingerprint density at radius 3 is 2.86 bits per heavy atom. The maximum absolute atomic E-state index is 12.5. The van der Waals surface area contributed by atoms with Crippen molar-refractivity contribution >= 4 is 24.1 Å². The Morgan fingerprint density at radius 2 is 2.14 bits per heavy atom. The molecular weight excluding hydrogens is 468 g/mol. The molecule has 1 aromatic carbocycles. The third-order valence-electron chi connectivity index (χ3n) is 5.72. The molecule has 0 spiro atoms. The molecule has 0 bridgehead atoms. The van der Waals surface area contributed by atoms with Crippen molar-refractivity contribution in [2.45, 2.75) is 51.2 Å². The second kappa shape index (κ2) is 10.9. The zero-order valence-corrected chi connectivity index (χ0v) is 19.9. The predicted octanol–water partition coefficient (Wildman–Crippen LogP) is 2.90. The van der Waals surface area contributed by atoms with Gasteiger partial charge in [-0.1, -0.05) is 0 Å². The number of carbonyl (C=O) groups excluding carboxylic acids is 3. The van der Waals surface area contributed by atoms with Gasteiger partial charge in [-0.15, -0.1) is 0 Å². The molecular formula is C24H28N6O6. The van der Waals surface area contributed by atoms with Crippen LogP contribution in [-0.4, -0.2) is 62.1 Å². The average molecular weight is 497 g/mol. The topological polar surface area (TPSA) is 160 Å². The molecule has 3 aromatic rings. The SMILES string of the molecule is CC(C)NC(=O)O[C@@H]1CC[C@H](c2cc(NC(=O)COc3cc(-n4cccn4)cc(O)c3C=O)n[nH]2)C1. The quantitative estimate of drug-likeness (QED) is 0.329. The Balaban J connectivity index is 1.32. The molecule has 2 amide bonds. The third-order valence-corrected chi connectivity index (χ3v) is 5.72. The highest BCUT2D eigenvalue weighted by atomic mass is 16.6. The van der Waals surface area contributed by atoms with E-state index in [1.165, 1.54) is 16.8 Å². The van der Waals surface area contributed by atoms with E-state index in [0.717, 1.165) is 18.5 Å². The molecule has 0 unspecified atom stereocenters. The number of ether oxygens (including phenoxy) is 2. The molecule has 1 saturated carbocycles. The van der Waals surface area contributed by atoms with Gasteiger partial charge < -0.3 is 25.2 Å². The van der Waals surface area contributed by atoms with Gasteiger partial charge in [-0.2, -0.15) is 10.2 Å². The largest absolute Gasteiger partial charge is 0.507 e. The second-order valence-electron chi connectivity index (χ2n) is 8.83. The number of amides is 2. The number of hydrogen-bond donors (Lipinski definition) is 4. The lowest BCUT2D eigenvalue weighted by molar-refractivity contribution is -0.118. The van der Waals surface area contributed by atoms with E-state index in [0.29, 0.717) is 24.2 Å². The van der Waals surface area contributed by atoms with Crippen LogP contribution in [0.25, 0.3) is 5.69 Å². The molecule has 4 N–H and O–H groups in total. The fourth-order valence-electron chi connectivity index (χ4n) is 4.07. The van der Waals surface area contributed by atoms with Gasteiger partial charge in [0.2, 0.25) is 0 Å². The van der Waals surface area contributed by atoms with Crippen molar-refractivity contribution in [3.63, 3.8) is 0 Å². The summed E-state index contributed by atoms with van der Waals surface area (Å²) in [5.41, 5.74) is 1.23. The number of anilines is 1. The maximum atomic E-state index is 12.5. The van der Waals surface area contributed by atoms with Crippen molar-refractivity contribution in [1.29, 1.82) is 0 Å². The summed E-state index contributed by atoms with van der Waals surface area (Å²) in [6, 6.07) is 6.34. The molecule has 2 atom stereocenters. The summed E-state index contributed by atoms with van der Waals surface area (Å²) < 4.78 is 12.5. The highest BCUT2D eigenvalue weighted by molar-refractivity contribution is 5.91. The Hall–Kier alpha value is -4.35. The number of aromatic nitrogens is 4. The number of H-pyrrole nitrogens is 1. The van der Waals surface area contributed by atoms with Crippen LogP contribution in [0.15, 0.2) is 36.7 Å². The first-order valence-electron chi connectivity index (χ1n) is 11.6. The second-order valence-corrected chi connectivity index (χ2v) is 8.83. The van der Waals surface area contributed by atoms with Crippen molar-refractivity contribution in [3.05, 3.63) is 47.9 Å². The van der Waals surface area contributed by atoms with E-state index in [9.17, 15) is 19.5 Å². The summed E-state index contributed by atoms with van der Waals surface area (Å²) in [6.45, 7) is 3.33. The molecule has 2 aromatic heterocycles. The van der Waals surface area contributed by atoms with Crippen molar-refractivity contribution in [2.75, 3.05) is 11.9 Å². The number of hydrogen-bond acceptors (Lipinski definition) is 8. The maximum Gasteiger partial charge on any atom is 0.407 e. The number of rotatable bonds is 9. The Kier molecular flexibility index (Phi) is 7.52. The monoisotopic (exact) mass is 496 g/mol. The van der Waals surface area contributed by atoms with Gasteiger partial charge in [-0.05, 0) is 39.2 Å². The molecule has 190 valence electrons. The number of nitrogens with one attached hydrogen (secondary N) is 3. The van der Waals surface area contributed by atoms with E-state index >= 15 is 0 Å². The standard InChI is InChI=1S/C24H28N6O6/c1-14(2)26-24(34)36-17-5-4-15(8-17)19-11-22(29-28-19)27-23(33)13-35-21-10-16(30-7-3-6-25-30)9-20(32)18(21)12-31/h3,6-7,9-12,14-15,17,32H,4-5,8,13H2,1-2H3,(H,26,34)(H2,27,28,29,33)/t15-,17+/m0/s1. The summed E-state index contributed by atoms with van der Waals surface area (Å²) >= 11 is 0. The fraction of sp³-hybridized carbons (Fsp3) is 0.375. The van der Waals surface area contributed by atoms with Crippen LogP contribution < -0.4 is 15.4 Å². The molecule has 1 fully saturated rings. The van der Waals surface area contributed by atoms with E-state index in [1.807, 2.05) is 13.8 Å². The first-order valence-corrected chi connectivity index (χ1v) is 11.6. The minimum Gasteiger partial charge on any atom is -0.507 e. The highest BCUT2D eigenvalue weighted by Gasteiger charge is 2.30.